The van der Waals surface area contributed by atoms with Crippen LogP contribution >= 0.6 is 27.7 Å². The van der Waals surface area contributed by atoms with E-state index in [9.17, 15) is 8.42 Å². The van der Waals surface area contributed by atoms with Gasteiger partial charge in [0.1, 0.15) is 0 Å². The Morgan fingerprint density at radius 3 is 2.50 bits per heavy atom. The van der Waals surface area contributed by atoms with Crippen LogP contribution in [0.3, 0.4) is 0 Å². The molecule has 0 amide bonds. The summed E-state index contributed by atoms with van der Waals surface area (Å²) in [5.41, 5.74) is 6.41. The first kappa shape index (κ1) is 14.0. The summed E-state index contributed by atoms with van der Waals surface area (Å²) in [5.74, 6) is 0. The van der Waals surface area contributed by atoms with E-state index in [0.29, 0.717) is 17.9 Å². The Balaban J connectivity index is 3.43. The fourth-order valence-electron chi connectivity index (χ4n) is 1.41. The molecule has 1 aromatic rings. The standard InChI is InChI=1S/C10H14BrNO2S2/c1-15-10-8(11)5-7(3-4-12)6-9(10)16(2,13)14/h5-6H,3-4,12H2,1-2H3. The molecule has 0 spiro atoms. The molecule has 0 aromatic heterocycles. The molecule has 0 unspecified atom stereocenters. The number of rotatable bonds is 4. The van der Waals surface area contributed by atoms with Crippen LogP contribution in [0.4, 0.5) is 0 Å². The van der Waals surface area contributed by atoms with Crippen molar-refractivity contribution in [3.05, 3.63) is 22.2 Å². The summed E-state index contributed by atoms with van der Waals surface area (Å²) in [6.07, 6.45) is 3.76. The summed E-state index contributed by atoms with van der Waals surface area (Å²) in [5, 5.41) is 0. The van der Waals surface area contributed by atoms with Gasteiger partial charge in [-0.15, -0.1) is 11.8 Å². The zero-order valence-electron chi connectivity index (χ0n) is 9.16. The van der Waals surface area contributed by atoms with Crippen LogP contribution in [0.25, 0.3) is 0 Å². The average molecular weight is 324 g/mol. The molecule has 90 valence electrons. The fraction of sp³-hybridized carbons (Fsp3) is 0.400. The van der Waals surface area contributed by atoms with Gasteiger partial charge in [0.05, 0.1) is 4.90 Å². The first-order valence-corrected chi connectivity index (χ1v) is 8.57. The van der Waals surface area contributed by atoms with Crippen molar-refractivity contribution in [3.8, 4) is 0 Å². The number of halogens is 1. The molecule has 1 rings (SSSR count). The molecular formula is C10H14BrNO2S2. The summed E-state index contributed by atoms with van der Waals surface area (Å²) in [6.45, 7) is 0.508. The molecular weight excluding hydrogens is 310 g/mol. The maximum atomic E-state index is 11.7. The van der Waals surface area contributed by atoms with Crippen LogP contribution in [-0.4, -0.2) is 27.5 Å². The largest absolute Gasteiger partial charge is 0.330 e. The zero-order valence-corrected chi connectivity index (χ0v) is 12.4. The lowest BCUT2D eigenvalue weighted by Gasteiger charge is -2.10. The van der Waals surface area contributed by atoms with Crippen molar-refractivity contribution in [2.45, 2.75) is 16.2 Å². The monoisotopic (exact) mass is 323 g/mol. The Bertz CT molecular complexity index is 486. The highest BCUT2D eigenvalue weighted by Crippen LogP contribution is 2.33. The maximum Gasteiger partial charge on any atom is 0.176 e. The highest BCUT2D eigenvalue weighted by molar-refractivity contribution is 9.10. The first-order valence-electron chi connectivity index (χ1n) is 4.66. The van der Waals surface area contributed by atoms with E-state index in [1.807, 2.05) is 12.3 Å². The second kappa shape index (κ2) is 5.53. The van der Waals surface area contributed by atoms with Crippen LogP contribution in [0.1, 0.15) is 5.56 Å². The number of benzene rings is 1. The Labute approximate surface area is 109 Å². The molecule has 0 aliphatic heterocycles. The molecule has 2 N–H and O–H groups in total. The van der Waals surface area contributed by atoms with Gasteiger partial charge in [-0.1, -0.05) is 0 Å². The third-order valence-electron chi connectivity index (χ3n) is 2.11. The van der Waals surface area contributed by atoms with Crippen LogP contribution in [0, 0.1) is 0 Å². The molecule has 6 heteroatoms. The van der Waals surface area contributed by atoms with E-state index < -0.39 is 9.84 Å². The van der Waals surface area contributed by atoms with E-state index in [1.54, 1.807) is 6.07 Å². The Hall–Kier alpha value is -0.0400. The van der Waals surface area contributed by atoms with Gasteiger partial charge >= 0.3 is 0 Å². The number of sulfone groups is 1. The smallest absolute Gasteiger partial charge is 0.176 e. The van der Waals surface area contributed by atoms with Crippen molar-refractivity contribution < 1.29 is 8.42 Å². The van der Waals surface area contributed by atoms with E-state index >= 15 is 0 Å². The minimum atomic E-state index is -3.20. The van der Waals surface area contributed by atoms with Gasteiger partial charge in [-0.2, -0.15) is 0 Å². The predicted molar refractivity (Wildman–Crippen MR) is 71.8 cm³/mol. The number of hydrogen-bond donors (Lipinski definition) is 1. The molecule has 1 aromatic carbocycles. The van der Waals surface area contributed by atoms with Crippen molar-refractivity contribution in [2.24, 2.45) is 5.73 Å². The van der Waals surface area contributed by atoms with E-state index in [0.717, 1.165) is 14.9 Å². The molecule has 0 saturated carbocycles. The molecule has 0 aliphatic carbocycles. The molecule has 0 radical (unpaired) electrons. The van der Waals surface area contributed by atoms with E-state index in [4.69, 9.17) is 5.73 Å². The maximum absolute atomic E-state index is 11.7. The molecule has 0 bridgehead atoms. The summed E-state index contributed by atoms with van der Waals surface area (Å²) >= 11 is 4.81. The summed E-state index contributed by atoms with van der Waals surface area (Å²) in [6, 6.07) is 3.63. The number of hydrogen-bond acceptors (Lipinski definition) is 4. The lowest BCUT2D eigenvalue weighted by atomic mass is 10.1. The summed E-state index contributed by atoms with van der Waals surface area (Å²) < 4.78 is 24.1. The van der Waals surface area contributed by atoms with Crippen LogP contribution in [0.15, 0.2) is 26.4 Å². The fourth-order valence-corrected chi connectivity index (χ4v) is 4.56. The topological polar surface area (TPSA) is 60.2 Å². The second-order valence-electron chi connectivity index (χ2n) is 3.42. The first-order chi connectivity index (χ1) is 7.40. The van der Waals surface area contributed by atoms with Gasteiger partial charge in [0.25, 0.3) is 0 Å². The van der Waals surface area contributed by atoms with E-state index in [2.05, 4.69) is 15.9 Å². The molecule has 0 aliphatic rings. The van der Waals surface area contributed by atoms with Crippen LogP contribution < -0.4 is 5.73 Å². The van der Waals surface area contributed by atoms with Gasteiger partial charge in [-0.05, 0) is 52.8 Å². The van der Waals surface area contributed by atoms with Gasteiger partial charge in [0.2, 0.25) is 0 Å². The van der Waals surface area contributed by atoms with Gasteiger partial charge in [0, 0.05) is 15.6 Å². The van der Waals surface area contributed by atoms with Crippen molar-refractivity contribution in [3.63, 3.8) is 0 Å². The second-order valence-corrected chi connectivity index (χ2v) is 7.07. The van der Waals surface area contributed by atoms with Crippen LogP contribution in [0.5, 0.6) is 0 Å². The molecule has 0 heterocycles. The molecule has 0 atom stereocenters. The van der Waals surface area contributed by atoms with E-state index in [1.165, 1.54) is 18.0 Å². The van der Waals surface area contributed by atoms with Crippen LogP contribution in [-0.2, 0) is 16.3 Å². The predicted octanol–water partition coefficient (Wildman–Crippen LogP) is 2.08. The highest BCUT2D eigenvalue weighted by atomic mass is 79.9. The summed E-state index contributed by atoms with van der Waals surface area (Å²) in [4.78, 5) is 1.13. The molecule has 3 nitrogen and oxygen atoms in total. The minimum absolute atomic E-state index is 0.373. The lowest BCUT2D eigenvalue weighted by Crippen LogP contribution is -2.06. The SMILES string of the molecule is CSc1c(Br)cc(CCN)cc1S(C)(=O)=O. The number of thioether (sulfide) groups is 1. The van der Waals surface area contributed by atoms with E-state index in [-0.39, 0.29) is 0 Å². The molecule has 0 saturated heterocycles. The Kier molecular flexibility index (Phi) is 4.85. The zero-order chi connectivity index (χ0) is 12.3. The van der Waals surface area contributed by atoms with Gasteiger partial charge < -0.3 is 5.73 Å². The normalized spacial score (nSPS) is 11.8. The van der Waals surface area contributed by atoms with Gasteiger partial charge in [-0.3, -0.25) is 0 Å². The highest BCUT2D eigenvalue weighted by Gasteiger charge is 2.16. The lowest BCUT2D eigenvalue weighted by molar-refractivity contribution is 0.599. The Morgan fingerprint density at radius 1 is 1.44 bits per heavy atom. The van der Waals surface area contributed by atoms with Crippen molar-refractivity contribution in [1.29, 1.82) is 0 Å². The van der Waals surface area contributed by atoms with Crippen molar-refractivity contribution >= 4 is 37.5 Å². The minimum Gasteiger partial charge on any atom is -0.330 e. The number of nitrogens with two attached hydrogens (primary N) is 1. The van der Waals surface area contributed by atoms with Gasteiger partial charge in [0.15, 0.2) is 9.84 Å². The third kappa shape index (κ3) is 3.23. The average Bonchev–Trinajstić information content (AvgIpc) is 2.16. The van der Waals surface area contributed by atoms with Crippen LogP contribution in [0.2, 0.25) is 0 Å². The van der Waals surface area contributed by atoms with Crippen molar-refractivity contribution in [2.75, 3.05) is 19.1 Å². The summed E-state index contributed by atoms with van der Waals surface area (Å²) in [7, 11) is -3.20. The quantitative estimate of drug-likeness (QED) is 0.862. The third-order valence-corrected chi connectivity index (χ3v) is 5.09. The van der Waals surface area contributed by atoms with Gasteiger partial charge in [-0.25, -0.2) is 8.42 Å². The molecule has 16 heavy (non-hydrogen) atoms. The molecule has 0 fully saturated rings. The van der Waals surface area contributed by atoms with Crippen molar-refractivity contribution in [1.82, 2.24) is 0 Å². The Morgan fingerprint density at radius 2 is 2.06 bits per heavy atom.